The Morgan fingerprint density at radius 1 is 1.37 bits per heavy atom. The molecule has 4 nitrogen and oxygen atoms in total. The molecule has 0 atom stereocenters. The van der Waals surface area contributed by atoms with E-state index in [2.05, 4.69) is 12.3 Å². The van der Waals surface area contributed by atoms with Crippen molar-refractivity contribution in [3.63, 3.8) is 0 Å². The molecule has 0 aliphatic carbocycles. The Bertz CT molecular complexity index is 453. The van der Waals surface area contributed by atoms with Gasteiger partial charge in [-0.25, -0.2) is 5.01 Å². The minimum atomic E-state index is -0.583. The fourth-order valence-electron chi connectivity index (χ4n) is 1.92. The molecule has 0 aliphatic heterocycles. The lowest BCUT2D eigenvalue weighted by Crippen LogP contribution is -2.46. The fraction of sp³-hybridized carbons (Fsp3) is 0.533. The third kappa shape index (κ3) is 3.47. The highest BCUT2D eigenvalue weighted by molar-refractivity contribution is 5.87. The maximum atomic E-state index is 12.2. The summed E-state index contributed by atoms with van der Waals surface area (Å²) < 4.78 is 5.32. The Kier molecular flexibility index (Phi) is 4.95. The van der Waals surface area contributed by atoms with Gasteiger partial charge in [0, 0.05) is 14.1 Å². The molecule has 0 saturated heterocycles. The van der Waals surface area contributed by atoms with E-state index >= 15 is 0 Å². The molecule has 0 aromatic heterocycles. The summed E-state index contributed by atoms with van der Waals surface area (Å²) in [6.07, 6.45) is 0.877. The molecule has 0 radical (unpaired) electrons. The van der Waals surface area contributed by atoms with Crippen LogP contribution in [0.25, 0.3) is 0 Å². The van der Waals surface area contributed by atoms with Crippen LogP contribution in [0, 0.1) is 0 Å². The number of hydrogen-bond donors (Lipinski definition) is 1. The zero-order valence-electron chi connectivity index (χ0n) is 12.7. The number of rotatable bonds is 5. The highest BCUT2D eigenvalue weighted by Gasteiger charge is 2.30. The first kappa shape index (κ1) is 15.5. The Balaban J connectivity index is 3.10. The van der Waals surface area contributed by atoms with Crippen molar-refractivity contribution >= 4 is 5.91 Å². The van der Waals surface area contributed by atoms with Crippen LogP contribution in [-0.4, -0.2) is 32.1 Å². The molecule has 0 saturated carbocycles. The van der Waals surface area contributed by atoms with Crippen LogP contribution in [0.3, 0.4) is 0 Å². The van der Waals surface area contributed by atoms with Crippen LogP contribution in [0.4, 0.5) is 0 Å². The van der Waals surface area contributed by atoms with E-state index in [9.17, 15) is 4.79 Å². The first-order valence-electron chi connectivity index (χ1n) is 6.48. The van der Waals surface area contributed by atoms with E-state index in [-0.39, 0.29) is 5.91 Å². The van der Waals surface area contributed by atoms with Gasteiger partial charge >= 0.3 is 0 Å². The molecule has 1 aromatic rings. The van der Waals surface area contributed by atoms with Gasteiger partial charge in [-0.05, 0) is 37.5 Å². The van der Waals surface area contributed by atoms with Gasteiger partial charge in [0.1, 0.15) is 5.75 Å². The number of methoxy groups -OCH3 is 1. The van der Waals surface area contributed by atoms with Crippen LogP contribution in [-0.2, 0) is 16.6 Å². The number of hydrogen-bond acceptors (Lipinski definition) is 3. The third-order valence-electron chi connectivity index (χ3n) is 3.28. The van der Waals surface area contributed by atoms with Crippen molar-refractivity contribution < 1.29 is 9.53 Å². The molecular weight excluding hydrogens is 240 g/mol. The molecule has 1 rings (SSSR count). The molecule has 4 heteroatoms. The number of ether oxygens (including phenoxy) is 1. The van der Waals surface area contributed by atoms with Crippen LogP contribution in [0.2, 0.25) is 0 Å². The lowest BCUT2D eigenvalue weighted by Gasteiger charge is -2.27. The molecule has 106 valence electrons. The number of benzene rings is 1. The molecule has 0 aliphatic rings. The van der Waals surface area contributed by atoms with Gasteiger partial charge in [-0.1, -0.05) is 19.1 Å². The van der Waals surface area contributed by atoms with Crippen molar-refractivity contribution in [1.29, 1.82) is 0 Å². The normalized spacial score (nSPS) is 11.5. The minimum Gasteiger partial charge on any atom is -0.496 e. The summed E-state index contributed by atoms with van der Waals surface area (Å²) in [6.45, 7) is 5.93. The van der Waals surface area contributed by atoms with Crippen molar-refractivity contribution in [3.05, 3.63) is 29.3 Å². The van der Waals surface area contributed by atoms with Gasteiger partial charge in [0.25, 0.3) is 0 Å². The summed E-state index contributed by atoms with van der Waals surface area (Å²) in [7, 11) is 5.27. The topological polar surface area (TPSA) is 41.6 Å². The Morgan fingerprint density at radius 2 is 2.00 bits per heavy atom. The van der Waals surface area contributed by atoms with Gasteiger partial charge in [0.2, 0.25) is 5.91 Å². The SMILES string of the molecule is CCc1cc(C(C)(C)C(=O)NN(C)C)ccc1OC. The number of aryl methyl sites for hydroxylation is 1. The Labute approximate surface area is 115 Å². The lowest BCUT2D eigenvalue weighted by atomic mass is 9.83. The summed E-state index contributed by atoms with van der Waals surface area (Å²) in [5.41, 5.74) is 4.33. The highest BCUT2D eigenvalue weighted by Crippen LogP contribution is 2.29. The minimum absolute atomic E-state index is 0.0234. The summed E-state index contributed by atoms with van der Waals surface area (Å²) in [5, 5.41) is 1.66. The van der Waals surface area contributed by atoms with E-state index in [0.29, 0.717) is 0 Å². The third-order valence-corrected chi connectivity index (χ3v) is 3.28. The predicted molar refractivity (Wildman–Crippen MR) is 77.2 cm³/mol. The quantitative estimate of drug-likeness (QED) is 0.828. The van der Waals surface area contributed by atoms with E-state index in [1.54, 1.807) is 26.2 Å². The average molecular weight is 264 g/mol. The fourth-order valence-corrected chi connectivity index (χ4v) is 1.92. The van der Waals surface area contributed by atoms with Crippen LogP contribution in [0.1, 0.15) is 31.9 Å². The molecule has 0 bridgehead atoms. The van der Waals surface area contributed by atoms with E-state index in [1.165, 1.54) is 0 Å². The zero-order chi connectivity index (χ0) is 14.6. The molecule has 1 amide bonds. The van der Waals surface area contributed by atoms with Crippen molar-refractivity contribution in [2.45, 2.75) is 32.6 Å². The van der Waals surface area contributed by atoms with Gasteiger partial charge in [-0.2, -0.15) is 0 Å². The predicted octanol–water partition coefficient (Wildman–Crippen LogP) is 2.13. The summed E-state index contributed by atoms with van der Waals surface area (Å²) >= 11 is 0. The number of carbonyl (C=O) groups excluding carboxylic acids is 1. The Hall–Kier alpha value is -1.55. The number of nitrogens with zero attached hydrogens (tertiary/aromatic N) is 1. The van der Waals surface area contributed by atoms with Crippen molar-refractivity contribution in [2.75, 3.05) is 21.2 Å². The summed E-state index contributed by atoms with van der Waals surface area (Å²) in [5.74, 6) is 0.847. The second-order valence-electron chi connectivity index (χ2n) is 5.34. The van der Waals surface area contributed by atoms with Crippen LogP contribution < -0.4 is 10.2 Å². The van der Waals surface area contributed by atoms with Gasteiger partial charge in [-0.15, -0.1) is 0 Å². The number of hydrazine groups is 1. The van der Waals surface area contributed by atoms with Gasteiger partial charge in [-0.3, -0.25) is 10.2 Å². The number of nitrogens with one attached hydrogen (secondary N) is 1. The van der Waals surface area contributed by atoms with Gasteiger partial charge < -0.3 is 4.74 Å². The largest absolute Gasteiger partial charge is 0.496 e. The zero-order valence-corrected chi connectivity index (χ0v) is 12.7. The molecular formula is C15H24N2O2. The standard InChI is InChI=1S/C15H24N2O2/c1-7-11-10-12(8-9-13(11)19-6)15(2,3)14(18)16-17(4)5/h8-10H,7H2,1-6H3,(H,16,18). The maximum Gasteiger partial charge on any atom is 0.244 e. The van der Waals surface area contributed by atoms with Crippen molar-refractivity contribution in [1.82, 2.24) is 10.4 Å². The van der Waals surface area contributed by atoms with Gasteiger partial charge in [0.05, 0.1) is 12.5 Å². The van der Waals surface area contributed by atoms with E-state index in [1.807, 2.05) is 32.0 Å². The van der Waals surface area contributed by atoms with E-state index < -0.39 is 5.41 Å². The molecule has 0 heterocycles. The van der Waals surface area contributed by atoms with Crippen LogP contribution in [0.15, 0.2) is 18.2 Å². The smallest absolute Gasteiger partial charge is 0.244 e. The number of carbonyl (C=O) groups is 1. The highest BCUT2D eigenvalue weighted by atomic mass is 16.5. The molecule has 1 N–H and O–H groups in total. The average Bonchev–Trinajstić information content (AvgIpc) is 2.36. The summed E-state index contributed by atoms with van der Waals surface area (Å²) in [4.78, 5) is 12.2. The molecule has 19 heavy (non-hydrogen) atoms. The van der Waals surface area contributed by atoms with Crippen molar-refractivity contribution in [3.8, 4) is 5.75 Å². The monoisotopic (exact) mass is 264 g/mol. The Morgan fingerprint density at radius 3 is 2.47 bits per heavy atom. The first-order chi connectivity index (χ1) is 8.82. The summed E-state index contributed by atoms with van der Waals surface area (Å²) in [6, 6.07) is 5.93. The van der Waals surface area contributed by atoms with Gasteiger partial charge in [0.15, 0.2) is 0 Å². The molecule has 0 fully saturated rings. The maximum absolute atomic E-state index is 12.2. The number of amides is 1. The van der Waals surface area contributed by atoms with Crippen molar-refractivity contribution in [2.24, 2.45) is 0 Å². The van der Waals surface area contributed by atoms with E-state index in [0.717, 1.165) is 23.3 Å². The lowest BCUT2D eigenvalue weighted by molar-refractivity contribution is -0.129. The van der Waals surface area contributed by atoms with Crippen LogP contribution >= 0.6 is 0 Å². The second-order valence-corrected chi connectivity index (χ2v) is 5.34. The van der Waals surface area contributed by atoms with E-state index in [4.69, 9.17) is 4.74 Å². The second kappa shape index (κ2) is 6.06. The molecule has 1 aromatic carbocycles. The first-order valence-corrected chi connectivity index (χ1v) is 6.48. The van der Waals surface area contributed by atoms with Crippen LogP contribution in [0.5, 0.6) is 5.75 Å². The molecule has 0 unspecified atom stereocenters. The molecule has 0 spiro atoms.